The van der Waals surface area contributed by atoms with Crippen molar-refractivity contribution in [2.24, 2.45) is 0 Å². The maximum absolute atomic E-state index is 9.97. The Balaban J connectivity index is 1.70. The first-order chi connectivity index (χ1) is 9.74. The summed E-state index contributed by atoms with van der Waals surface area (Å²) in [6, 6.07) is 7.47. The fourth-order valence-electron chi connectivity index (χ4n) is 2.13. The van der Waals surface area contributed by atoms with E-state index in [0.29, 0.717) is 18.0 Å². The predicted octanol–water partition coefficient (Wildman–Crippen LogP) is 2.37. The van der Waals surface area contributed by atoms with Gasteiger partial charge in [-0.1, -0.05) is 6.07 Å². The number of aromatic nitrogens is 1. The average Bonchev–Trinajstić information content (AvgIpc) is 2.92. The van der Waals surface area contributed by atoms with Gasteiger partial charge in [0.25, 0.3) is 0 Å². The molecule has 0 bridgehead atoms. The van der Waals surface area contributed by atoms with E-state index in [1.54, 1.807) is 18.3 Å². The molecule has 1 aliphatic rings. The first kappa shape index (κ1) is 12.7. The highest BCUT2D eigenvalue weighted by Gasteiger charge is 2.17. The number of ether oxygens (including phenoxy) is 2. The van der Waals surface area contributed by atoms with Crippen LogP contribution in [-0.2, 0) is 6.54 Å². The normalized spacial score (nSPS) is 14.2. The van der Waals surface area contributed by atoms with Gasteiger partial charge in [0, 0.05) is 36.6 Å². The highest BCUT2D eigenvalue weighted by molar-refractivity contribution is 5.51. The van der Waals surface area contributed by atoms with Gasteiger partial charge in [-0.3, -0.25) is 4.98 Å². The minimum absolute atomic E-state index is 0.147. The molecule has 20 heavy (non-hydrogen) atoms. The van der Waals surface area contributed by atoms with Crippen LogP contribution in [0.3, 0.4) is 0 Å². The van der Waals surface area contributed by atoms with Crippen molar-refractivity contribution in [2.45, 2.75) is 19.5 Å². The molecule has 0 saturated carbocycles. The topological polar surface area (TPSA) is 63.6 Å². The van der Waals surface area contributed by atoms with Crippen molar-refractivity contribution >= 4 is 0 Å². The number of hydrogen-bond acceptors (Lipinski definition) is 5. The number of rotatable bonds is 4. The molecular weight excluding hydrogens is 256 g/mol. The van der Waals surface area contributed by atoms with Gasteiger partial charge in [-0.25, -0.2) is 0 Å². The number of benzene rings is 1. The van der Waals surface area contributed by atoms with Crippen LogP contribution in [0.4, 0.5) is 0 Å². The third-order valence-electron chi connectivity index (χ3n) is 3.36. The van der Waals surface area contributed by atoms with Gasteiger partial charge in [-0.2, -0.15) is 0 Å². The first-order valence-corrected chi connectivity index (χ1v) is 6.49. The zero-order chi connectivity index (χ0) is 13.9. The monoisotopic (exact) mass is 272 g/mol. The van der Waals surface area contributed by atoms with Crippen molar-refractivity contribution in [3.63, 3.8) is 0 Å². The smallest absolute Gasteiger partial charge is 0.231 e. The van der Waals surface area contributed by atoms with Gasteiger partial charge in [0.2, 0.25) is 6.79 Å². The van der Waals surface area contributed by atoms with E-state index in [9.17, 15) is 5.11 Å². The van der Waals surface area contributed by atoms with Gasteiger partial charge in [0.05, 0.1) is 0 Å². The number of aromatic hydroxyl groups is 1. The standard InChI is InChI=1S/C15H16N2O3/c1-10(11-3-2-4-16-7-11)17-8-12-5-14-15(6-13(12)18)20-9-19-14/h2-7,10,17-18H,8-9H2,1H3. The summed E-state index contributed by atoms with van der Waals surface area (Å²) in [5.41, 5.74) is 1.89. The van der Waals surface area contributed by atoms with E-state index in [-0.39, 0.29) is 18.6 Å². The van der Waals surface area contributed by atoms with Gasteiger partial charge >= 0.3 is 0 Å². The molecule has 1 aromatic heterocycles. The summed E-state index contributed by atoms with van der Waals surface area (Å²) >= 11 is 0. The average molecular weight is 272 g/mol. The molecule has 0 spiro atoms. The number of phenols is 1. The van der Waals surface area contributed by atoms with E-state index in [1.807, 2.05) is 18.3 Å². The van der Waals surface area contributed by atoms with Crippen molar-refractivity contribution in [3.8, 4) is 17.2 Å². The SMILES string of the molecule is CC(NCc1cc2c(cc1O)OCO2)c1cccnc1. The van der Waals surface area contributed by atoms with Crippen molar-refractivity contribution in [1.82, 2.24) is 10.3 Å². The van der Waals surface area contributed by atoms with Crippen LogP contribution in [0, 0.1) is 0 Å². The van der Waals surface area contributed by atoms with Crippen LogP contribution in [0.1, 0.15) is 24.1 Å². The van der Waals surface area contributed by atoms with E-state index in [2.05, 4.69) is 17.2 Å². The van der Waals surface area contributed by atoms with Crippen molar-refractivity contribution in [3.05, 3.63) is 47.8 Å². The summed E-state index contributed by atoms with van der Waals surface area (Å²) < 4.78 is 10.5. The maximum atomic E-state index is 9.97. The largest absolute Gasteiger partial charge is 0.507 e. The molecule has 5 heteroatoms. The molecular formula is C15H16N2O3. The molecule has 0 radical (unpaired) electrons. The Labute approximate surface area is 117 Å². The Hall–Kier alpha value is -2.27. The lowest BCUT2D eigenvalue weighted by Crippen LogP contribution is -2.18. The van der Waals surface area contributed by atoms with Crippen LogP contribution in [0.15, 0.2) is 36.7 Å². The number of hydrogen-bond donors (Lipinski definition) is 2. The zero-order valence-electron chi connectivity index (χ0n) is 11.2. The lowest BCUT2D eigenvalue weighted by molar-refractivity contribution is 0.174. The molecule has 2 aromatic rings. The first-order valence-electron chi connectivity index (χ1n) is 6.49. The molecule has 1 aliphatic heterocycles. The molecule has 1 unspecified atom stereocenters. The van der Waals surface area contributed by atoms with E-state index in [1.165, 1.54) is 0 Å². The summed E-state index contributed by atoms with van der Waals surface area (Å²) in [5.74, 6) is 1.47. The Morgan fingerprint density at radius 3 is 2.90 bits per heavy atom. The predicted molar refractivity (Wildman–Crippen MR) is 73.7 cm³/mol. The Morgan fingerprint density at radius 2 is 2.15 bits per heavy atom. The Morgan fingerprint density at radius 1 is 1.35 bits per heavy atom. The number of phenolic OH excluding ortho intramolecular Hbond substituents is 1. The van der Waals surface area contributed by atoms with E-state index in [4.69, 9.17) is 9.47 Å². The number of nitrogens with one attached hydrogen (secondary N) is 1. The van der Waals surface area contributed by atoms with Crippen LogP contribution in [0.25, 0.3) is 0 Å². The second kappa shape index (κ2) is 5.38. The third-order valence-corrected chi connectivity index (χ3v) is 3.36. The van der Waals surface area contributed by atoms with Crippen LogP contribution in [0.2, 0.25) is 0 Å². The van der Waals surface area contributed by atoms with E-state index >= 15 is 0 Å². The summed E-state index contributed by atoms with van der Waals surface area (Å²) in [4.78, 5) is 4.10. The zero-order valence-corrected chi connectivity index (χ0v) is 11.2. The fourth-order valence-corrected chi connectivity index (χ4v) is 2.13. The van der Waals surface area contributed by atoms with Crippen molar-refractivity contribution in [1.29, 1.82) is 0 Å². The van der Waals surface area contributed by atoms with Crippen LogP contribution in [-0.4, -0.2) is 16.9 Å². The summed E-state index contributed by atoms with van der Waals surface area (Å²) in [6.45, 7) is 2.80. The summed E-state index contributed by atoms with van der Waals surface area (Å²) in [5, 5.41) is 13.3. The molecule has 1 atom stereocenters. The molecule has 5 nitrogen and oxygen atoms in total. The Kier molecular flexibility index (Phi) is 3.43. The molecule has 1 aromatic carbocycles. The Bertz CT molecular complexity index is 602. The lowest BCUT2D eigenvalue weighted by Gasteiger charge is -2.14. The quantitative estimate of drug-likeness (QED) is 0.894. The second-order valence-corrected chi connectivity index (χ2v) is 4.72. The van der Waals surface area contributed by atoms with Crippen LogP contribution < -0.4 is 14.8 Å². The lowest BCUT2D eigenvalue weighted by atomic mass is 10.1. The molecule has 0 fully saturated rings. The van der Waals surface area contributed by atoms with Crippen LogP contribution in [0.5, 0.6) is 17.2 Å². The maximum Gasteiger partial charge on any atom is 0.231 e. The molecule has 0 amide bonds. The second-order valence-electron chi connectivity index (χ2n) is 4.72. The van der Waals surface area contributed by atoms with Gasteiger partial charge in [0.15, 0.2) is 11.5 Å². The number of pyridine rings is 1. The van der Waals surface area contributed by atoms with Crippen molar-refractivity contribution < 1.29 is 14.6 Å². The molecule has 104 valence electrons. The molecule has 2 heterocycles. The number of fused-ring (bicyclic) bond motifs is 1. The van der Waals surface area contributed by atoms with Crippen LogP contribution >= 0.6 is 0 Å². The highest BCUT2D eigenvalue weighted by Crippen LogP contribution is 2.37. The molecule has 0 saturated heterocycles. The summed E-state index contributed by atoms with van der Waals surface area (Å²) in [6.07, 6.45) is 3.58. The van der Waals surface area contributed by atoms with Gasteiger partial charge in [-0.05, 0) is 24.6 Å². The highest BCUT2D eigenvalue weighted by atomic mass is 16.7. The third kappa shape index (κ3) is 2.53. The summed E-state index contributed by atoms with van der Waals surface area (Å²) in [7, 11) is 0. The van der Waals surface area contributed by atoms with Gasteiger partial charge < -0.3 is 19.9 Å². The molecule has 0 aliphatic carbocycles. The van der Waals surface area contributed by atoms with Gasteiger partial charge in [0.1, 0.15) is 5.75 Å². The molecule has 2 N–H and O–H groups in total. The molecule has 3 rings (SSSR count). The fraction of sp³-hybridized carbons (Fsp3) is 0.267. The van der Waals surface area contributed by atoms with E-state index < -0.39 is 0 Å². The van der Waals surface area contributed by atoms with E-state index in [0.717, 1.165) is 11.1 Å². The van der Waals surface area contributed by atoms with Gasteiger partial charge in [-0.15, -0.1) is 0 Å². The minimum atomic E-state index is 0.147. The minimum Gasteiger partial charge on any atom is -0.507 e. The number of nitrogens with zero attached hydrogens (tertiary/aromatic N) is 1. The van der Waals surface area contributed by atoms with Crippen molar-refractivity contribution in [2.75, 3.05) is 6.79 Å².